The van der Waals surface area contributed by atoms with E-state index in [9.17, 15) is 10.4 Å². The fourth-order valence-corrected chi connectivity index (χ4v) is 3.70. The Balaban J connectivity index is 1.88. The Bertz CT molecular complexity index is 1040. The summed E-state index contributed by atoms with van der Waals surface area (Å²) in [6.45, 7) is 4.93. The fraction of sp³-hybridized carbons (Fsp3) is 0.222. The molecule has 1 aliphatic rings. The van der Waals surface area contributed by atoms with Crippen LogP contribution in [-0.2, 0) is 11.3 Å². The number of hydrogen-bond donors (Lipinski definition) is 1. The van der Waals surface area contributed by atoms with Crippen LogP contribution in [0.2, 0.25) is 0 Å². The largest absolute Gasteiger partial charge is 0.494 e. The number of rotatable bonds is 5. The van der Waals surface area contributed by atoms with Crippen LogP contribution in [-0.4, -0.2) is 27.9 Å². The SMILES string of the molecule is CCOc1ccc(N=C2O/C(=C/c3sc(=S)n(CC)c3O)N=C2C#N)cc1. The highest BCUT2D eigenvalue weighted by atomic mass is 32.1. The molecule has 3 rings (SSSR count). The fourth-order valence-electron chi connectivity index (χ4n) is 2.34. The zero-order valence-corrected chi connectivity index (χ0v) is 16.3. The van der Waals surface area contributed by atoms with E-state index < -0.39 is 0 Å². The molecule has 1 aromatic carbocycles. The Hall–Kier alpha value is -2.96. The molecule has 0 unspecified atom stereocenters. The third-order valence-electron chi connectivity index (χ3n) is 3.57. The van der Waals surface area contributed by atoms with Crippen LogP contribution in [0.15, 0.2) is 40.1 Å². The molecule has 7 nitrogen and oxygen atoms in total. The lowest BCUT2D eigenvalue weighted by molar-refractivity contribution is 0.340. The van der Waals surface area contributed by atoms with Gasteiger partial charge in [-0.25, -0.2) is 4.99 Å². The van der Waals surface area contributed by atoms with E-state index in [0.29, 0.717) is 27.7 Å². The van der Waals surface area contributed by atoms with Crippen LogP contribution >= 0.6 is 23.6 Å². The van der Waals surface area contributed by atoms with Crippen LogP contribution < -0.4 is 4.74 Å². The van der Waals surface area contributed by atoms with E-state index in [1.54, 1.807) is 34.9 Å². The lowest BCUT2D eigenvalue weighted by Crippen LogP contribution is -2.07. The zero-order chi connectivity index (χ0) is 19.4. The second-order valence-electron chi connectivity index (χ2n) is 5.30. The first-order chi connectivity index (χ1) is 13.0. The van der Waals surface area contributed by atoms with Gasteiger partial charge in [-0.1, -0.05) is 0 Å². The van der Waals surface area contributed by atoms with Crippen molar-refractivity contribution < 1.29 is 14.6 Å². The van der Waals surface area contributed by atoms with Crippen molar-refractivity contribution in [1.82, 2.24) is 4.57 Å². The molecule has 0 saturated carbocycles. The minimum Gasteiger partial charge on any atom is -0.494 e. The van der Waals surface area contributed by atoms with E-state index >= 15 is 0 Å². The van der Waals surface area contributed by atoms with E-state index in [-0.39, 0.29) is 23.4 Å². The Morgan fingerprint density at radius 3 is 2.74 bits per heavy atom. The molecule has 0 fully saturated rings. The highest BCUT2D eigenvalue weighted by molar-refractivity contribution is 7.73. The number of aliphatic imine (C=N–C) groups is 2. The molecule has 9 heteroatoms. The maximum atomic E-state index is 10.2. The van der Waals surface area contributed by atoms with Crippen LogP contribution in [0.1, 0.15) is 18.7 Å². The van der Waals surface area contributed by atoms with Gasteiger partial charge in [-0.2, -0.15) is 10.3 Å². The van der Waals surface area contributed by atoms with Gasteiger partial charge < -0.3 is 14.6 Å². The zero-order valence-electron chi connectivity index (χ0n) is 14.7. The van der Waals surface area contributed by atoms with Crippen molar-refractivity contribution in [2.24, 2.45) is 9.98 Å². The second-order valence-corrected chi connectivity index (χ2v) is 6.98. The van der Waals surface area contributed by atoms with Crippen molar-refractivity contribution in [3.05, 3.63) is 39.0 Å². The van der Waals surface area contributed by atoms with E-state index in [1.807, 2.05) is 19.9 Å². The van der Waals surface area contributed by atoms with Gasteiger partial charge in [0.15, 0.2) is 3.95 Å². The number of hydrogen-bond acceptors (Lipinski definition) is 8. The molecule has 0 aliphatic carbocycles. The van der Waals surface area contributed by atoms with Crippen molar-refractivity contribution >= 4 is 46.9 Å². The van der Waals surface area contributed by atoms with Gasteiger partial charge in [0.25, 0.3) is 5.90 Å². The van der Waals surface area contributed by atoms with Crippen LogP contribution in [0.4, 0.5) is 5.69 Å². The topological polar surface area (TPSA) is 92.1 Å². The molecular weight excluding hydrogens is 384 g/mol. The molecule has 0 spiro atoms. The summed E-state index contributed by atoms with van der Waals surface area (Å²) in [5.41, 5.74) is 0.668. The Morgan fingerprint density at radius 1 is 1.41 bits per heavy atom. The van der Waals surface area contributed by atoms with E-state index in [0.717, 1.165) is 5.75 Å². The molecule has 0 amide bonds. The Labute approximate surface area is 165 Å². The molecule has 1 aromatic heterocycles. The third-order valence-corrected chi connectivity index (χ3v) is 4.96. The maximum absolute atomic E-state index is 10.2. The summed E-state index contributed by atoms with van der Waals surface area (Å²) in [5, 5.41) is 19.5. The number of benzene rings is 1. The summed E-state index contributed by atoms with van der Waals surface area (Å²) in [7, 11) is 0. The van der Waals surface area contributed by atoms with Crippen LogP contribution in [0, 0.1) is 15.3 Å². The first kappa shape index (κ1) is 18.8. The molecule has 1 aliphatic heterocycles. The summed E-state index contributed by atoms with van der Waals surface area (Å²) < 4.78 is 13.1. The van der Waals surface area contributed by atoms with Gasteiger partial charge in [0, 0.05) is 12.6 Å². The lowest BCUT2D eigenvalue weighted by Gasteiger charge is -2.03. The number of nitriles is 1. The van der Waals surface area contributed by atoms with Gasteiger partial charge in [-0.05, 0) is 50.3 Å². The molecule has 1 N–H and O–H groups in total. The highest BCUT2D eigenvalue weighted by Gasteiger charge is 2.22. The Kier molecular flexibility index (Phi) is 5.69. The van der Waals surface area contributed by atoms with Crippen molar-refractivity contribution in [1.29, 1.82) is 5.26 Å². The van der Waals surface area contributed by atoms with Crippen molar-refractivity contribution in [3.8, 4) is 17.7 Å². The number of ether oxygens (including phenoxy) is 2. The predicted octanol–water partition coefficient (Wildman–Crippen LogP) is 4.43. The third kappa shape index (κ3) is 4.07. The number of aromatic hydroxyl groups is 1. The average molecular weight is 400 g/mol. The molecular formula is C18H16N4O3S2. The summed E-state index contributed by atoms with van der Waals surface area (Å²) in [6.07, 6.45) is 1.54. The number of thiazole rings is 1. The highest BCUT2D eigenvalue weighted by Crippen LogP contribution is 2.30. The second kappa shape index (κ2) is 8.16. The van der Waals surface area contributed by atoms with Crippen LogP contribution in [0.3, 0.4) is 0 Å². The predicted molar refractivity (Wildman–Crippen MR) is 107 cm³/mol. The summed E-state index contributed by atoms with van der Waals surface area (Å²) in [6, 6.07) is 9.06. The van der Waals surface area contributed by atoms with Crippen LogP contribution in [0.5, 0.6) is 11.6 Å². The minimum absolute atomic E-state index is 0.0502. The molecule has 0 saturated heterocycles. The quantitative estimate of drug-likeness (QED) is 0.750. The van der Waals surface area contributed by atoms with E-state index in [2.05, 4.69) is 9.98 Å². The van der Waals surface area contributed by atoms with Gasteiger partial charge in [-0.15, -0.1) is 11.3 Å². The van der Waals surface area contributed by atoms with Gasteiger partial charge in [0.1, 0.15) is 11.8 Å². The average Bonchev–Trinajstić information content (AvgIpc) is 3.16. The molecule has 0 bridgehead atoms. The van der Waals surface area contributed by atoms with Gasteiger partial charge in [-0.3, -0.25) is 4.57 Å². The van der Waals surface area contributed by atoms with Crippen molar-refractivity contribution in [2.45, 2.75) is 20.4 Å². The smallest absolute Gasteiger partial charge is 0.258 e. The van der Waals surface area contributed by atoms with E-state index in [1.165, 1.54) is 11.3 Å². The molecule has 27 heavy (non-hydrogen) atoms. The first-order valence-electron chi connectivity index (χ1n) is 8.18. The summed E-state index contributed by atoms with van der Waals surface area (Å²) in [4.78, 5) is 8.96. The van der Waals surface area contributed by atoms with E-state index in [4.69, 9.17) is 21.7 Å². The standard InChI is InChI=1S/C18H16N4O3S2/c1-3-22-17(23)14(27-18(22)26)9-15-21-13(10-19)16(25-15)20-11-5-7-12(8-6-11)24-4-2/h5-9,23H,3-4H2,1-2H3/b15-9+,20-16?. The summed E-state index contributed by atoms with van der Waals surface area (Å²) in [5.74, 6) is 1.06. The lowest BCUT2D eigenvalue weighted by atomic mass is 10.3. The van der Waals surface area contributed by atoms with Gasteiger partial charge >= 0.3 is 0 Å². The van der Waals surface area contributed by atoms with Crippen molar-refractivity contribution in [3.63, 3.8) is 0 Å². The first-order valence-corrected chi connectivity index (χ1v) is 9.41. The van der Waals surface area contributed by atoms with Gasteiger partial charge in [0.2, 0.25) is 17.5 Å². The molecule has 2 aromatic rings. The van der Waals surface area contributed by atoms with Crippen molar-refractivity contribution in [2.75, 3.05) is 6.61 Å². The van der Waals surface area contributed by atoms with Crippen LogP contribution in [0.25, 0.3) is 6.08 Å². The normalized spacial score (nSPS) is 16.3. The maximum Gasteiger partial charge on any atom is 0.258 e. The number of aromatic nitrogens is 1. The monoisotopic (exact) mass is 400 g/mol. The summed E-state index contributed by atoms with van der Waals surface area (Å²) >= 11 is 6.45. The molecule has 2 heterocycles. The van der Waals surface area contributed by atoms with Gasteiger partial charge in [0.05, 0.1) is 17.2 Å². The Morgan fingerprint density at radius 2 is 2.15 bits per heavy atom. The molecule has 0 radical (unpaired) electrons. The number of nitrogens with zero attached hydrogens (tertiary/aromatic N) is 4. The minimum atomic E-state index is 0.0502. The molecule has 0 atom stereocenters. The molecule has 138 valence electrons.